The largest absolute Gasteiger partial charge is 0.476 e. The fourth-order valence-corrected chi connectivity index (χ4v) is 2.75. The lowest BCUT2D eigenvalue weighted by atomic mass is 10.1. The molecule has 1 aromatic carbocycles. The second-order valence-electron chi connectivity index (χ2n) is 4.49. The number of fused-ring (bicyclic) bond motifs is 1. The van der Waals surface area contributed by atoms with Gasteiger partial charge in [0, 0.05) is 16.9 Å². The number of thioether (sulfide) groups is 1. The maximum Gasteiger partial charge on any atom is 0.356 e. The first-order chi connectivity index (χ1) is 9.70. The van der Waals surface area contributed by atoms with E-state index < -0.39 is 5.97 Å². The molecule has 6 heteroatoms. The molecule has 0 radical (unpaired) electrons. The van der Waals surface area contributed by atoms with Crippen LogP contribution in [0.1, 0.15) is 21.7 Å². The van der Waals surface area contributed by atoms with E-state index in [1.54, 1.807) is 16.4 Å². The molecule has 1 aliphatic heterocycles. The lowest BCUT2D eigenvalue weighted by Crippen LogP contribution is -2.13. The third kappa shape index (κ3) is 2.21. The number of nitrogens with zero attached hydrogens (tertiary/aromatic N) is 2. The quantitative estimate of drug-likeness (QED) is 0.879. The molecule has 2 heterocycles. The van der Waals surface area contributed by atoms with Crippen LogP contribution >= 0.6 is 11.8 Å². The van der Waals surface area contributed by atoms with Gasteiger partial charge in [-0.1, -0.05) is 0 Å². The average molecular weight is 290 g/mol. The molecular formula is C14H14N2O3S. The minimum atomic E-state index is -1.01. The Hall–Kier alpha value is -1.79. The van der Waals surface area contributed by atoms with Crippen molar-refractivity contribution in [3.8, 4) is 5.69 Å². The maximum atomic E-state index is 11.3. The summed E-state index contributed by atoms with van der Waals surface area (Å²) < 4.78 is 7.08. The predicted octanol–water partition coefficient (Wildman–Crippen LogP) is 2.37. The van der Waals surface area contributed by atoms with Gasteiger partial charge in [-0.25, -0.2) is 9.48 Å². The third-order valence-electron chi connectivity index (χ3n) is 3.34. The smallest absolute Gasteiger partial charge is 0.356 e. The van der Waals surface area contributed by atoms with Gasteiger partial charge < -0.3 is 9.84 Å². The Morgan fingerprint density at radius 2 is 2.15 bits per heavy atom. The van der Waals surface area contributed by atoms with Gasteiger partial charge in [0.25, 0.3) is 0 Å². The highest BCUT2D eigenvalue weighted by Gasteiger charge is 2.25. The van der Waals surface area contributed by atoms with E-state index in [1.807, 2.05) is 30.5 Å². The van der Waals surface area contributed by atoms with Crippen molar-refractivity contribution in [1.29, 1.82) is 0 Å². The standard InChI is InChI=1S/C14H14N2O3S/c1-20-10-4-2-9(3-5-10)16-12-6-7-19-8-11(12)13(15-16)14(17)18/h2-5H,6-8H2,1H3,(H,17,18). The minimum absolute atomic E-state index is 0.0913. The van der Waals surface area contributed by atoms with E-state index in [2.05, 4.69) is 5.10 Å². The van der Waals surface area contributed by atoms with Crippen LogP contribution < -0.4 is 0 Å². The number of carboxylic acid groups (broad SMARTS) is 1. The van der Waals surface area contributed by atoms with Crippen LogP contribution in [0.3, 0.4) is 0 Å². The Morgan fingerprint density at radius 3 is 2.80 bits per heavy atom. The molecule has 0 saturated carbocycles. The van der Waals surface area contributed by atoms with Crippen molar-refractivity contribution in [2.75, 3.05) is 12.9 Å². The zero-order valence-corrected chi connectivity index (χ0v) is 11.8. The molecule has 0 saturated heterocycles. The zero-order valence-electron chi connectivity index (χ0n) is 11.0. The van der Waals surface area contributed by atoms with Crippen molar-refractivity contribution in [2.45, 2.75) is 17.9 Å². The molecule has 104 valence electrons. The number of carboxylic acids is 1. The Labute approximate surface area is 120 Å². The van der Waals surface area contributed by atoms with Gasteiger partial charge in [-0.15, -0.1) is 11.8 Å². The van der Waals surface area contributed by atoms with E-state index in [-0.39, 0.29) is 5.69 Å². The summed E-state index contributed by atoms with van der Waals surface area (Å²) >= 11 is 1.67. The van der Waals surface area contributed by atoms with Crippen LogP contribution in [0.2, 0.25) is 0 Å². The molecule has 0 fully saturated rings. The number of aromatic carboxylic acids is 1. The molecule has 0 amide bonds. The van der Waals surface area contributed by atoms with Crippen molar-refractivity contribution >= 4 is 17.7 Å². The molecular weight excluding hydrogens is 276 g/mol. The Morgan fingerprint density at radius 1 is 1.40 bits per heavy atom. The fourth-order valence-electron chi connectivity index (χ4n) is 2.35. The van der Waals surface area contributed by atoms with Crippen LogP contribution in [0.25, 0.3) is 5.69 Å². The first-order valence-electron chi connectivity index (χ1n) is 6.27. The van der Waals surface area contributed by atoms with Gasteiger partial charge in [-0.3, -0.25) is 0 Å². The number of benzene rings is 1. The molecule has 20 heavy (non-hydrogen) atoms. The Bertz CT molecular complexity index is 649. The fraction of sp³-hybridized carbons (Fsp3) is 0.286. The lowest BCUT2D eigenvalue weighted by molar-refractivity contribution is 0.0677. The Kier molecular flexibility index (Phi) is 3.50. The molecule has 2 aromatic rings. The van der Waals surface area contributed by atoms with Crippen molar-refractivity contribution < 1.29 is 14.6 Å². The molecule has 0 bridgehead atoms. The summed E-state index contributed by atoms with van der Waals surface area (Å²) in [6.45, 7) is 0.917. The lowest BCUT2D eigenvalue weighted by Gasteiger charge is -2.14. The zero-order chi connectivity index (χ0) is 14.1. The minimum Gasteiger partial charge on any atom is -0.476 e. The number of aromatic nitrogens is 2. The first-order valence-corrected chi connectivity index (χ1v) is 7.49. The SMILES string of the molecule is CSc1ccc(-n2nc(C(=O)O)c3c2CCOC3)cc1. The topological polar surface area (TPSA) is 64.4 Å². The van der Waals surface area contributed by atoms with Gasteiger partial charge >= 0.3 is 5.97 Å². The first kappa shape index (κ1) is 13.2. The number of hydrogen-bond donors (Lipinski definition) is 1. The second kappa shape index (κ2) is 5.30. The van der Waals surface area contributed by atoms with Gasteiger partial charge in [0.15, 0.2) is 5.69 Å². The van der Waals surface area contributed by atoms with Gasteiger partial charge in [-0.05, 0) is 30.5 Å². The molecule has 1 N–H and O–H groups in total. The van der Waals surface area contributed by atoms with Crippen LogP contribution in [-0.2, 0) is 17.8 Å². The van der Waals surface area contributed by atoms with Gasteiger partial charge in [0.05, 0.1) is 24.6 Å². The molecule has 1 aliphatic rings. The monoisotopic (exact) mass is 290 g/mol. The van der Waals surface area contributed by atoms with E-state index in [0.717, 1.165) is 16.3 Å². The Balaban J connectivity index is 2.10. The van der Waals surface area contributed by atoms with E-state index >= 15 is 0 Å². The predicted molar refractivity (Wildman–Crippen MR) is 75.7 cm³/mol. The highest BCUT2D eigenvalue weighted by Crippen LogP contribution is 2.25. The van der Waals surface area contributed by atoms with Crippen molar-refractivity contribution in [1.82, 2.24) is 9.78 Å². The van der Waals surface area contributed by atoms with Gasteiger partial charge in [0.1, 0.15) is 0 Å². The number of hydrogen-bond acceptors (Lipinski definition) is 4. The van der Waals surface area contributed by atoms with Crippen molar-refractivity contribution in [3.63, 3.8) is 0 Å². The van der Waals surface area contributed by atoms with Crippen molar-refractivity contribution in [3.05, 3.63) is 41.2 Å². The maximum absolute atomic E-state index is 11.3. The summed E-state index contributed by atoms with van der Waals surface area (Å²) in [6.07, 6.45) is 2.70. The van der Waals surface area contributed by atoms with E-state index in [1.165, 1.54) is 0 Å². The molecule has 3 rings (SSSR count). The highest BCUT2D eigenvalue weighted by atomic mass is 32.2. The molecule has 0 atom stereocenters. The van der Waals surface area contributed by atoms with Crippen LogP contribution in [0.5, 0.6) is 0 Å². The van der Waals surface area contributed by atoms with E-state index in [9.17, 15) is 9.90 Å². The summed E-state index contributed by atoms with van der Waals surface area (Å²) in [7, 11) is 0. The molecule has 5 nitrogen and oxygen atoms in total. The average Bonchev–Trinajstić information content (AvgIpc) is 2.87. The molecule has 0 spiro atoms. The van der Waals surface area contributed by atoms with Crippen LogP contribution in [-0.4, -0.2) is 33.7 Å². The normalized spacial score (nSPS) is 14.1. The summed E-state index contributed by atoms with van der Waals surface area (Å²) in [5.41, 5.74) is 2.60. The summed E-state index contributed by atoms with van der Waals surface area (Å²) in [4.78, 5) is 12.4. The molecule has 0 aliphatic carbocycles. The summed E-state index contributed by atoms with van der Waals surface area (Å²) in [5.74, 6) is -1.01. The summed E-state index contributed by atoms with van der Waals surface area (Å²) in [5, 5.41) is 13.5. The number of carbonyl (C=O) groups is 1. The number of rotatable bonds is 3. The van der Waals surface area contributed by atoms with E-state index in [4.69, 9.17) is 4.74 Å². The molecule has 0 unspecified atom stereocenters. The molecule has 1 aromatic heterocycles. The van der Waals surface area contributed by atoms with Crippen LogP contribution in [0.15, 0.2) is 29.2 Å². The second-order valence-corrected chi connectivity index (χ2v) is 5.37. The number of ether oxygens (including phenoxy) is 1. The van der Waals surface area contributed by atoms with Crippen LogP contribution in [0, 0.1) is 0 Å². The summed E-state index contributed by atoms with van der Waals surface area (Å²) in [6, 6.07) is 7.93. The van der Waals surface area contributed by atoms with Crippen molar-refractivity contribution in [2.24, 2.45) is 0 Å². The van der Waals surface area contributed by atoms with Gasteiger partial charge in [-0.2, -0.15) is 5.10 Å². The van der Waals surface area contributed by atoms with Crippen LogP contribution in [0.4, 0.5) is 0 Å². The van der Waals surface area contributed by atoms with E-state index in [0.29, 0.717) is 25.2 Å². The highest BCUT2D eigenvalue weighted by molar-refractivity contribution is 7.98. The third-order valence-corrected chi connectivity index (χ3v) is 4.08. The van der Waals surface area contributed by atoms with Gasteiger partial charge in [0.2, 0.25) is 0 Å².